The molecular formula is C6H10N2O2S2. The van der Waals surface area contributed by atoms with Gasteiger partial charge in [-0.1, -0.05) is 21.6 Å². The van der Waals surface area contributed by atoms with Crippen LogP contribution < -0.4 is 0 Å². The third-order valence-electron chi connectivity index (χ3n) is 1.62. The van der Waals surface area contributed by atoms with E-state index in [1.165, 1.54) is 31.6 Å². The van der Waals surface area contributed by atoms with Gasteiger partial charge in [0, 0.05) is 14.1 Å². The lowest BCUT2D eigenvalue weighted by atomic mass is 10.6. The Bertz CT molecular complexity index is 188. The summed E-state index contributed by atoms with van der Waals surface area (Å²) in [5, 5.41) is 2.71. The van der Waals surface area contributed by atoms with Crippen LogP contribution >= 0.6 is 21.6 Å². The minimum absolute atomic E-state index is 0.0388. The Kier molecular flexibility index (Phi) is 3.28. The number of nitrogens with zero attached hydrogens (tertiary/aromatic N) is 2. The van der Waals surface area contributed by atoms with Crippen LogP contribution in [0.3, 0.4) is 0 Å². The van der Waals surface area contributed by atoms with E-state index in [1.807, 2.05) is 0 Å². The number of hydrogen-bond donors (Lipinski definition) is 0. The predicted molar refractivity (Wildman–Crippen MR) is 50.5 cm³/mol. The maximum absolute atomic E-state index is 11.2. The molecule has 4 nitrogen and oxygen atoms in total. The van der Waals surface area contributed by atoms with Crippen molar-refractivity contribution in [2.75, 3.05) is 25.6 Å². The lowest BCUT2D eigenvalue weighted by Crippen LogP contribution is -2.47. The summed E-state index contributed by atoms with van der Waals surface area (Å²) in [6.45, 7) is 0. The van der Waals surface area contributed by atoms with Gasteiger partial charge < -0.3 is 0 Å². The Hall–Kier alpha value is -0.360. The first-order valence-electron chi connectivity index (χ1n) is 3.40. The lowest BCUT2D eigenvalue weighted by Gasteiger charge is -2.29. The fourth-order valence-corrected chi connectivity index (χ4v) is 2.55. The van der Waals surface area contributed by atoms with Gasteiger partial charge in [0.05, 0.1) is 11.5 Å². The van der Waals surface area contributed by atoms with Crippen molar-refractivity contribution in [3.8, 4) is 0 Å². The van der Waals surface area contributed by atoms with Crippen molar-refractivity contribution in [2.45, 2.75) is 0 Å². The van der Waals surface area contributed by atoms with Crippen molar-refractivity contribution >= 4 is 33.4 Å². The van der Waals surface area contributed by atoms with Crippen molar-refractivity contribution in [1.82, 2.24) is 10.0 Å². The average Bonchev–Trinajstić information content (AvgIpc) is 2.07. The first-order valence-corrected chi connectivity index (χ1v) is 5.89. The summed E-state index contributed by atoms with van der Waals surface area (Å²) in [4.78, 5) is 22.4. The van der Waals surface area contributed by atoms with Gasteiger partial charge in [0.15, 0.2) is 0 Å². The SMILES string of the molecule is CN1C(=O)CSSCC(=O)N1C. The smallest absolute Gasteiger partial charge is 0.251 e. The molecule has 0 bridgehead atoms. The molecule has 1 aliphatic heterocycles. The third-order valence-corrected chi connectivity index (χ3v) is 3.72. The van der Waals surface area contributed by atoms with Crippen LogP contribution in [0.5, 0.6) is 0 Å². The number of rotatable bonds is 0. The van der Waals surface area contributed by atoms with Gasteiger partial charge in [-0.25, -0.2) is 0 Å². The second-order valence-corrected chi connectivity index (χ2v) is 4.82. The molecule has 0 atom stereocenters. The summed E-state index contributed by atoms with van der Waals surface area (Å²) >= 11 is 0. The van der Waals surface area contributed by atoms with Crippen LogP contribution in [0.1, 0.15) is 0 Å². The highest BCUT2D eigenvalue weighted by molar-refractivity contribution is 8.77. The molecule has 1 heterocycles. The van der Waals surface area contributed by atoms with E-state index in [0.29, 0.717) is 11.5 Å². The number of carbonyl (C=O) groups excluding carboxylic acids is 2. The predicted octanol–water partition coefficient (Wildman–Crippen LogP) is 0.213. The van der Waals surface area contributed by atoms with E-state index in [4.69, 9.17) is 0 Å². The molecule has 0 saturated carbocycles. The molecule has 2 amide bonds. The molecule has 12 heavy (non-hydrogen) atoms. The molecule has 1 saturated heterocycles. The molecule has 6 heteroatoms. The van der Waals surface area contributed by atoms with Gasteiger partial charge >= 0.3 is 0 Å². The van der Waals surface area contributed by atoms with Crippen molar-refractivity contribution in [3.05, 3.63) is 0 Å². The number of carbonyl (C=O) groups is 2. The van der Waals surface area contributed by atoms with Crippen LogP contribution in [0.2, 0.25) is 0 Å². The van der Waals surface area contributed by atoms with Crippen LogP contribution in [0.4, 0.5) is 0 Å². The van der Waals surface area contributed by atoms with Gasteiger partial charge in [0.25, 0.3) is 11.8 Å². The quantitative estimate of drug-likeness (QED) is 0.531. The van der Waals surface area contributed by atoms with Crippen LogP contribution in [0, 0.1) is 0 Å². The molecule has 0 aromatic carbocycles. The maximum atomic E-state index is 11.2. The summed E-state index contributed by atoms with van der Waals surface area (Å²) in [5.74, 6) is 0.781. The summed E-state index contributed by atoms with van der Waals surface area (Å²) in [6.07, 6.45) is 0. The van der Waals surface area contributed by atoms with Crippen molar-refractivity contribution < 1.29 is 9.59 Å². The fraction of sp³-hybridized carbons (Fsp3) is 0.667. The molecule has 0 aliphatic carbocycles. The zero-order valence-corrected chi connectivity index (χ0v) is 8.57. The zero-order valence-electron chi connectivity index (χ0n) is 6.94. The van der Waals surface area contributed by atoms with E-state index in [0.717, 1.165) is 0 Å². The number of amides is 2. The van der Waals surface area contributed by atoms with Crippen LogP contribution in [-0.4, -0.2) is 47.4 Å². The highest BCUT2D eigenvalue weighted by Gasteiger charge is 2.21. The Balaban J connectivity index is 2.67. The van der Waals surface area contributed by atoms with E-state index >= 15 is 0 Å². The first kappa shape index (κ1) is 9.73. The highest BCUT2D eigenvalue weighted by Crippen LogP contribution is 2.23. The van der Waals surface area contributed by atoms with Crippen LogP contribution in [0.15, 0.2) is 0 Å². The van der Waals surface area contributed by atoms with E-state index in [2.05, 4.69) is 0 Å². The first-order chi connectivity index (χ1) is 5.63. The molecule has 1 rings (SSSR count). The summed E-state index contributed by atoms with van der Waals surface area (Å²) in [7, 11) is 6.07. The van der Waals surface area contributed by atoms with Gasteiger partial charge in [-0.2, -0.15) is 0 Å². The molecule has 1 aliphatic rings. The molecule has 1 fully saturated rings. The van der Waals surface area contributed by atoms with E-state index in [9.17, 15) is 9.59 Å². The normalized spacial score (nSPS) is 20.8. The molecular weight excluding hydrogens is 196 g/mol. The summed E-state index contributed by atoms with van der Waals surface area (Å²) in [6, 6.07) is 0. The molecule has 0 aromatic heterocycles. The molecule has 0 spiro atoms. The Morgan fingerprint density at radius 1 is 1.00 bits per heavy atom. The maximum Gasteiger partial charge on any atom is 0.251 e. The molecule has 0 unspecified atom stereocenters. The van der Waals surface area contributed by atoms with E-state index < -0.39 is 0 Å². The van der Waals surface area contributed by atoms with E-state index in [1.54, 1.807) is 14.1 Å². The van der Waals surface area contributed by atoms with E-state index in [-0.39, 0.29) is 11.8 Å². The molecule has 0 aromatic rings. The molecule has 68 valence electrons. The molecule has 0 radical (unpaired) electrons. The highest BCUT2D eigenvalue weighted by atomic mass is 33.1. The fourth-order valence-electron chi connectivity index (χ4n) is 0.706. The van der Waals surface area contributed by atoms with Crippen molar-refractivity contribution in [3.63, 3.8) is 0 Å². The monoisotopic (exact) mass is 206 g/mol. The summed E-state index contributed by atoms with van der Waals surface area (Å²) < 4.78 is 0. The third kappa shape index (κ3) is 2.07. The van der Waals surface area contributed by atoms with Gasteiger partial charge in [-0.05, 0) is 0 Å². The molecule has 0 N–H and O–H groups in total. The van der Waals surface area contributed by atoms with Crippen molar-refractivity contribution in [1.29, 1.82) is 0 Å². The van der Waals surface area contributed by atoms with Gasteiger partial charge in [-0.15, -0.1) is 0 Å². The standard InChI is InChI=1S/C6H10N2O2S2/c1-7-5(9)3-11-12-4-6(10)8(7)2/h3-4H2,1-2H3. The van der Waals surface area contributed by atoms with Gasteiger partial charge in [0.2, 0.25) is 0 Å². The van der Waals surface area contributed by atoms with Gasteiger partial charge in [0.1, 0.15) is 0 Å². The topological polar surface area (TPSA) is 40.6 Å². The largest absolute Gasteiger partial charge is 0.272 e. The Morgan fingerprint density at radius 2 is 1.33 bits per heavy atom. The number of hydrazine groups is 1. The van der Waals surface area contributed by atoms with Crippen LogP contribution in [-0.2, 0) is 9.59 Å². The summed E-state index contributed by atoms with van der Waals surface area (Å²) in [5.41, 5.74) is 0. The second kappa shape index (κ2) is 4.04. The zero-order chi connectivity index (χ0) is 9.14. The minimum atomic E-state index is -0.0388. The lowest BCUT2D eigenvalue weighted by molar-refractivity contribution is -0.154. The average molecular weight is 206 g/mol. The Morgan fingerprint density at radius 3 is 1.67 bits per heavy atom. The van der Waals surface area contributed by atoms with Crippen LogP contribution in [0.25, 0.3) is 0 Å². The minimum Gasteiger partial charge on any atom is -0.272 e. The Labute approximate surface area is 79.0 Å². The van der Waals surface area contributed by atoms with Crippen molar-refractivity contribution in [2.24, 2.45) is 0 Å². The number of hydrogen-bond acceptors (Lipinski definition) is 4. The second-order valence-electron chi connectivity index (χ2n) is 2.36. The van der Waals surface area contributed by atoms with Gasteiger partial charge in [-0.3, -0.25) is 19.6 Å².